The van der Waals surface area contributed by atoms with Crippen LogP contribution in [0.4, 0.5) is 0 Å². The molecule has 1 aliphatic rings. The van der Waals surface area contributed by atoms with E-state index >= 15 is 0 Å². The summed E-state index contributed by atoms with van der Waals surface area (Å²) in [4.78, 5) is 0. The zero-order valence-corrected chi connectivity index (χ0v) is 10.3. The van der Waals surface area contributed by atoms with E-state index in [1.165, 1.54) is 0 Å². The number of hydrazine groups is 1. The second kappa shape index (κ2) is 4.80. The minimum Gasteiger partial charge on any atom is -0.395 e. The molecule has 0 bridgehead atoms. The minimum absolute atomic E-state index is 0.0359. The van der Waals surface area contributed by atoms with Crippen molar-refractivity contribution in [1.29, 1.82) is 0 Å². The van der Waals surface area contributed by atoms with E-state index in [4.69, 9.17) is 16.7 Å². The second-order valence-corrected chi connectivity index (χ2v) is 4.97. The molecule has 0 saturated carbocycles. The van der Waals surface area contributed by atoms with Gasteiger partial charge in [-0.05, 0) is 17.7 Å². The van der Waals surface area contributed by atoms with Crippen molar-refractivity contribution in [1.82, 2.24) is 10.9 Å². The molecule has 1 aromatic carbocycles. The van der Waals surface area contributed by atoms with Crippen LogP contribution in [0.1, 0.15) is 11.6 Å². The average Bonchev–Trinajstić information content (AvgIpc) is 2.61. The van der Waals surface area contributed by atoms with Gasteiger partial charge in [0.15, 0.2) is 0 Å². The highest BCUT2D eigenvalue weighted by Gasteiger charge is 2.34. The summed E-state index contributed by atoms with van der Waals surface area (Å²) in [7, 11) is 0. The van der Waals surface area contributed by atoms with Gasteiger partial charge >= 0.3 is 0 Å². The zero-order chi connectivity index (χ0) is 10.8. The van der Waals surface area contributed by atoms with Gasteiger partial charge < -0.3 is 5.11 Å². The summed E-state index contributed by atoms with van der Waals surface area (Å²) in [6.07, 6.45) is 0. The molecule has 1 fully saturated rings. The predicted octanol–water partition coefficient (Wildman–Crippen LogP) is 1.57. The maximum absolute atomic E-state index is 9.05. The average molecular weight is 292 g/mol. The van der Waals surface area contributed by atoms with Gasteiger partial charge in [0.25, 0.3) is 0 Å². The molecular weight excluding hydrogens is 279 g/mol. The van der Waals surface area contributed by atoms with Crippen LogP contribution in [0.3, 0.4) is 0 Å². The van der Waals surface area contributed by atoms with E-state index in [1.807, 2.05) is 24.3 Å². The van der Waals surface area contributed by atoms with Crippen molar-refractivity contribution < 1.29 is 5.11 Å². The number of aliphatic hydroxyl groups is 1. The van der Waals surface area contributed by atoms with Gasteiger partial charge in [-0.3, -0.25) is 5.43 Å². The highest BCUT2D eigenvalue weighted by atomic mass is 79.9. The SMILES string of the molecule is OCC1NNC(c2ccc(Br)cc2)C1Cl. The molecule has 82 valence electrons. The number of aliphatic hydroxyl groups excluding tert-OH is 1. The van der Waals surface area contributed by atoms with Gasteiger partial charge in [-0.2, -0.15) is 0 Å². The van der Waals surface area contributed by atoms with Gasteiger partial charge in [0.2, 0.25) is 0 Å². The Morgan fingerprint density at radius 1 is 1.27 bits per heavy atom. The first-order chi connectivity index (χ1) is 7.22. The van der Waals surface area contributed by atoms with Crippen LogP contribution in [0.15, 0.2) is 28.7 Å². The van der Waals surface area contributed by atoms with E-state index in [0.717, 1.165) is 10.0 Å². The largest absolute Gasteiger partial charge is 0.395 e. The number of halogens is 2. The lowest BCUT2D eigenvalue weighted by Gasteiger charge is -2.15. The van der Waals surface area contributed by atoms with Gasteiger partial charge in [0.05, 0.1) is 24.1 Å². The van der Waals surface area contributed by atoms with Gasteiger partial charge in [-0.15, -0.1) is 11.6 Å². The number of benzene rings is 1. The summed E-state index contributed by atoms with van der Waals surface area (Å²) in [5, 5.41) is 8.91. The first kappa shape index (κ1) is 11.4. The minimum atomic E-state index is -0.142. The maximum Gasteiger partial charge on any atom is 0.0732 e. The molecule has 3 N–H and O–H groups in total. The standard InChI is InChI=1S/C10H12BrClN2O/c11-7-3-1-6(2-4-7)10-9(12)8(5-15)13-14-10/h1-4,8-10,13-15H,5H2. The topological polar surface area (TPSA) is 44.3 Å². The normalized spacial score (nSPS) is 30.7. The molecule has 1 aliphatic heterocycles. The molecule has 3 atom stereocenters. The van der Waals surface area contributed by atoms with Gasteiger partial charge in [0.1, 0.15) is 0 Å². The zero-order valence-electron chi connectivity index (χ0n) is 7.95. The molecular formula is C10H12BrClN2O. The summed E-state index contributed by atoms with van der Waals surface area (Å²) in [6.45, 7) is 0.0359. The van der Waals surface area contributed by atoms with Crippen molar-refractivity contribution >= 4 is 27.5 Å². The first-order valence-electron chi connectivity index (χ1n) is 4.74. The van der Waals surface area contributed by atoms with Crippen molar-refractivity contribution in [2.24, 2.45) is 0 Å². The fourth-order valence-corrected chi connectivity index (χ4v) is 2.29. The molecule has 1 saturated heterocycles. The fraction of sp³-hybridized carbons (Fsp3) is 0.400. The molecule has 5 heteroatoms. The number of rotatable bonds is 2. The number of nitrogens with one attached hydrogen (secondary N) is 2. The third-order valence-electron chi connectivity index (χ3n) is 2.55. The van der Waals surface area contributed by atoms with E-state index < -0.39 is 0 Å². The summed E-state index contributed by atoms with van der Waals surface area (Å²) >= 11 is 9.61. The lowest BCUT2D eigenvalue weighted by Crippen LogP contribution is -2.34. The van der Waals surface area contributed by atoms with Crippen molar-refractivity contribution in [2.45, 2.75) is 17.5 Å². The number of hydrogen-bond acceptors (Lipinski definition) is 3. The smallest absolute Gasteiger partial charge is 0.0732 e. The Bertz CT molecular complexity index is 333. The molecule has 0 aromatic heterocycles. The molecule has 0 amide bonds. The Morgan fingerprint density at radius 3 is 2.47 bits per heavy atom. The Hall–Kier alpha value is -0.130. The first-order valence-corrected chi connectivity index (χ1v) is 5.97. The second-order valence-electron chi connectivity index (χ2n) is 3.55. The van der Waals surface area contributed by atoms with Crippen molar-refractivity contribution in [2.75, 3.05) is 6.61 Å². The van der Waals surface area contributed by atoms with Gasteiger partial charge in [-0.1, -0.05) is 28.1 Å². The summed E-state index contributed by atoms with van der Waals surface area (Å²) in [5.41, 5.74) is 7.17. The summed E-state index contributed by atoms with van der Waals surface area (Å²) < 4.78 is 1.04. The Balaban J connectivity index is 2.15. The molecule has 1 aromatic rings. The molecule has 15 heavy (non-hydrogen) atoms. The predicted molar refractivity (Wildman–Crippen MR) is 63.7 cm³/mol. The molecule has 1 heterocycles. The van der Waals surface area contributed by atoms with Crippen LogP contribution < -0.4 is 10.9 Å². The van der Waals surface area contributed by atoms with Crippen molar-refractivity contribution in [3.05, 3.63) is 34.3 Å². The third-order valence-corrected chi connectivity index (χ3v) is 3.64. The van der Waals surface area contributed by atoms with E-state index in [-0.39, 0.29) is 24.1 Å². The molecule has 0 spiro atoms. The highest BCUT2D eigenvalue weighted by molar-refractivity contribution is 9.10. The molecule has 0 radical (unpaired) electrons. The van der Waals surface area contributed by atoms with Crippen molar-refractivity contribution in [3.8, 4) is 0 Å². The van der Waals surface area contributed by atoms with Crippen LogP contribution in [-0.4, -0.2) is 23.1 Å². The number of alkyl halides is 1. The van der Waals surface area contributed by atoms with Crippen LogP contribution in [0.25, 0.3) is 0 Å². The van der Waals surface area contributed by atoms with Crippen molar-refractivity contribution in [3.63, 3.8) is 0 Å². The summed E-state index contributed by atoms with van der Waals surface area (Å²) in [6, 6.07) is 7.92. The molecule has 3 unspecified atom stereocenters. The van der Waals surface area contributed by atoms with Gasteiger partial charge in [-0.25, -0.2) is 5.43 Å². The fourth-order valence-electron chi connectivity index (χ4n) is 1.67. The van der Waals surface area contributed by atoms with E-state index in [1.54, 1.807) is 0 Å². The lowest BCUT2D eigenvalue weighted by molar-refractivity contribution is 0.252. The Morgan fingerprint density at radius 2 is 1.93 bits per heavy atom. The monoisotopic (exact) mass is 290 g/mol. The highest BCUT2D eigenvalue weighted by Crippen LogP contribution is 2.27. The van der Waals surface area contributed by atoms with Crippen LogP contribution in [0.5, 0.6) is 0 Å². The quantitative estimate of drug-likeness (QED) is 0.725. The van der Waals surface area contributed by atoms with Crippen LogP contribution in [-0.2, 0) is 0 Å². The Labute approximate surface area is 102 Å². The maximum atomic E-state index is 9.05. The van der Waals surface area contributed by atoms with Crippen LogP contribution in [0, 0.1) is 0 Å². The van der Waals surface area contributed by atoms with Gasteiger partial charge in [0, 0.05) is 4.47 Å². The molecule has 3 nitrogen and oxygen atoms in total. The van der Waals surface area contributed by atoms with E-state index in [2.05, 4.69) is 26.8 Å². The van der Waals surface area contributed by atoms with E-state index in [0.29, 0.717) is 0 Å². The third kappa shape index (κ3) is 2.34. The molecule has 0 aliphatic carbocycles. The number of hydrogen-bond donors (Lipinski definition) is 3. The summed E-state index contributed by atoms with van der Waals surface area (Å²) in [5.74, 6) is 0. The lowest BCUT2D eigenvalue weighted by atomic mass is 10.0. The van der Waals surface area contributed by atoms with E-state index in [9.17, 15) is 0 Å². The van der Waals surface area contributed by atoms with Crippen LogP contribution >= 0.6 is 27.5 Å². The molecule has 2 rings (SSSR count). The Kier molecular flexibility index (Phi) is 3.64. The van der Waals surface area contributed by atoms with Crippen LogP contribution in [0.2, 0.25) is 0 Å².